The minimum atomic E-state index is -5.97. The Kier molecular flexibility index (Phi) is 12.2. The van der Waals surface area contributed by atoms with Gasteiger partial charge in [0.1, 0.15) is 28.7 Å². The molecule has 6 aromatic rings. The van der Waals surface area contributed by atoms with Crippen LogP contribution in [0.15, 0.2) is 155 Å². The zero-order valence-electron chi connectivity index (χ0n) is 32.0. The van der Waals surface area contributed by atoms with E-state index in [-0.39, 0.29) is 32.8 Å². The monoisotopic (exact) mass is 914 g/mol. The highest BCUT2D eigenvalue weighted by Gasteiger charge is 2.73. The first kappa shape index (κ1) is 46.1. The summed E-state index contributed by atoms with van der Waals surface area (Å²) in [6.45, 7) is 0.942. The van der Waals surface area contributed by atoms with E-state index in [1.54, 1.807) is 19.1 Å². The summed E-state index contributed by atoms with van der Waals surface area (Å²) in [5, 5.41) is 9.46. The molecule has 0 aromatic heterocycles. The van der Waals surface area contributed by atoms with E-state index in [9.17, 15) is 66.2 Å². The number of aryl methyl sites for hydroxylation is 1. The summed E-state index contributed by atoms with van der Waals surface area (Å²) in [5.41, 5.74) is -13.3. The number of phenolic OH excluding ortho intramolecular Hbond substituents is 1. The van der Waals surface area contributed by atoms with Gasteiger partial charge in [0, 0.05) is 0 Å². The van der Waals surface area contributed by atoms with Crippen LogP contribution in [0.3, 0.4) is 0 Å². The molecule has 0 fully saturated rings. The Morgan fingerprint density at radius 2 is 0.683 bits per heavy atom. The fraction of sp³-hybridized carbons (Fsp3) is 0.182. The molecular formula is C44H30F12O6S. The summed E-state index contributed by atoms with van der Waals surface area (Å²) in [6, 6.07) is 21.3. The first-order valence-electron chi connectivity index (χ1n) is 18.1. The van der Waals surface area contributed by atoms with Gasteiger partial charge in [-0.05, 0) is 114 Å². The first-order valence-corrected chi connectivity index (χ1v) is 19.5. The van der Waals surface area contributed by atoms with Gasteiger partial charge in [-0.25, -0.2) is 8.42 Å². The van der Waals surface area contributed by atoms with Crippen molar-refractivity contribution < 1.29 is 80.4 Å². The molecule has 0 spiro atoms. The SMILES string of the molecule is Cc1ccc(S(=O)(=O)c2ccc(Oc3ccc(C(c4ccc(OCOc5ccc(C(c6ccc(O)cc6)(C(F)(F)F)C(F)(F)F)cc5)cc4)(C(F)(F)F)C(F)(F)F)cc3)cc2)cc1. The molecule has 332 valence electrons. The summed E-state index contributed by atoms with van der Waals surface area (Å²) in [7, 11) is -3.91. The Hall–Kier alpha value is -6.37. The summed E-state index contributed by atoms with van der Waals surface area (Å²) in [6.07, 6.45) is -23.8. The van der Waals surface area contributed by atoms with Gasteiger partial charge < -0.3 is 19.3 Å². The standard InChI is InChI=1S/C44H30F12O6S/c1-27-2-22-37(23-3-27)63(58,59)38-24-20-36(21-25-38)62-35-18-10-31(11-19-35)40(43(51,52)53,44(54,55)56)30-8-16-34(17-9-30)61-26-60-33-14-6-29(7-15-33)39(41(45,46)47,42(48,49)50)28-4-12-32(57)13-5-28/h2-25,57H,26H2,1H3. The topological polar surface area (TPSA) is 82.1 Å². The van der Waals surface area contributed by atoms with Crippen LogP contribution in [0.5, 0.6) is 28.7 Å². The minimum absolute atomic E-state index is 0.0237. The number of rotatable bonds is 12. The van der Waals surface area contributed by atoms with E-state index >= 15 is 0 Å². The van der Waals surface area contributed by atoms with Gasteiger partial charge in [0.15, 0.2) is 0 Å². The number of ether oxygens (including phenoxy) is 3. The third kappa shape index (κ3) is 8.70. The molecule has 0 radical (unpaired) electrons. The summed E-state index contributed by atoms with van der Waals surface area (Å²) >= 11 is 0. The van der Waals surface area contributed by atoms with E-state index in [4.69, 9.17) is 14.2 Å². The van der Waals surface area contributed by atoms with E-state index in [0.29, 0.717) is 60.7 Å². The van der Waals surface area contributed by atoms with Crippen molar-refractivity contribution in [3.8, 4) is 28.7 Å². The Morgan fingerprint density at radius 1 is 0.413 bits per heavy atom. The van der Waals surface area contributed by atoms with Crippen LogP contribution >= 0.6 is 0 Å². The molecule has 1 N–H and O–H groups in total. The van der Waals surface area contributed by atoms with Gasteiger partial charge in [-0.3, -0.25) is 0 Å². The van der Waals surface area contributed by atoms with Crippen molar-refractivity contribution in [1.29, 1.82) is 0 Å². The average Bonchev–Trinajstić information content (AvgIpc) is 3.19. The molecule has 0 amide bonds. The predicted molar refractivity (Wildman–Crippen MR) is 202 cm³/mol. The second-order valence-corrected chi connectivity index (χ2v) is 15.9. The third-order valence-electron chi connectivity index (χ3n) is 10.0. The Labute approximate surface area is 350 Å². The van der Waals surface area contributed by atoms with Crippen LogP contribution in [0, 0.1) is 6.92 Å². The van der Waals surface area contributed by atoms with Crippen LogP contribution in [0.25, 0.3) is 0 Å². The van der Waals surface area contributed by atoms with Crippen LogP contribution in [-0.2, 0) is 20.7 Å². The first-order chi connectivity index (χ1) is 29.3. The zero-order chi connectivity index (χ0) is 46.2. The Bertz CT molecular complexity index is 2580. The molecular weight excluding hydrogens is 885 g/mol. The quantitative estimate of drug-likeness (QED) is 0.0973. The van der Waals surface area contributed by atoms with Gasteiger partial charge in [0.25, 0.3) is 0 Å². The second-order valence-electron chi connectivity index (χ2n) is 13.9. The normalized spacial score (nSPS) is 13.1. The highest BCUT2D eigenvalue weighted by atomic mass is 32.2. The van der Waals surface area contributed by atoms with E-state index in [2.05, 4.69) is 0 Å². The number of sulfone groups is 1. The third-order valence-corrected chi connectivity index (χ3v) is 11.8. The molecule has 0 aliphatic heterocycles. The molecule has 0 saturated carbocycles. The van der Waals surface area contributed by atoms with E-state index in [1.165, 1.54) is 36.4 Å². The fourth-order valence-electron chi connectivity index (χ4n) is 6.89. The predicted octanol–water partition coefficient (Wildman–Crippen LogP) is 12.6. The fourth-order valence-corrected chi connectivity index (χ4v) is 8.15. The van der Waals surface area contributed by atoms with Gasteiger partial charge in [-0.2, -0.15) is 52.7 Å². The number of phenols is 1. The Balaban J connectivity index is 1.18. The number of benzene rings is 6. The molecule has 0 aliphatic rings. The molecule has 0 atom stereocenters. The van der Waals surface area contributed by atoms with Gasteiger partial charge in [-0.15, -0.1) is 0 Å². The average molecular weight is 915 g/mol. The van der Waals surface area contributed by atoms with E-state index in [1.807, 2.05) is 0 Å². The molecule has 63 heavy (non-hydrogen) atoms. The van der Waals surface area contributed by atoms with Crippen LogP contribution in [0.1, 0.15) is 27.8 Å². The molecule has 0 aliphatic carbocycles. The number of hydrogen-bond acceptors (Lipinski definition) is 6. The highest BCUT2D eigenvalue weighted by Crippen LogP contribution is 2.58. The second kappa shape index (κ2) is 16.7. The van der Waals surface area contributed by atoms with Crippen molar-refractivity contribution in [2.24, 2.45) is 0 Å². The smallest absolute Gasteiger partial charge is 0.411 e. The molecule has 0 heterocycles. The van der Waals surface area contributed by atoms with Crippen molar-refractivity contribution in [2.75, 3.05) is 6.79 Å². The molecule has 19 heteroatoms. The van der Waals surface area contributed by atoms with Gasteiger partial charge in [0.2, 0.25) is 27.5 Å². The molecule has 6 nitrogen and oxygen atoms in total. The largest absolute Gasteiger partial charge is 0.508 e. The number of halogens is 12. The lowest BCUT2D eigenvalue weighted by molar-refractivity contribution is -0.290. The lowest BCUT2D eigenvalue weighted by atomic mass is 9.73. The van der Waals surface area contributed by atoms with Crippen LogP contribution < -0.4 is 14.2 Å². The van der Waals surface area contributed by atoms with Crippen molar-refractivity contribution >= 4 is 9.84 Å². The maximum Gasteiger partial charge on any atom is 0.411 e. The summed E-state index contributed by atoms with van der Waals surface area (Å²) in [5.74, 6) is -1.37. The van der Waals surface area contributed by atoms with Crippen LogP contribution in [0.2, 0.25) is 0 Å². The summed E-state index contributed by atoms with van der Waals surface area (Å²) in [4.78, 5) is -0.0679. The van der Waals surface area contributed by atoms with Gasteiger partial charge in [-0.1, -0.05) is 66.2 Å². The molecule has 6 rings (SSSR count). The maximum absolute atomic E-state index is 14.8. The van der Waals surface area contributed by atoms with Crippen LogP contribution in [0.4, 0.5) is 52.7 Å². The molecule has 0 bridgehead atoms. The Morgan fingerprint density at radius 3 is 1.00 bits per heavy atom. The van der Waals surface area contributed by atoms with Gasteiger partial charge in [0.05, 0.1) is 9.79 Å². The number of alkyl halides is 12. The van der Waals surface area contributed by atoms with Crippen molar-refractivity contribution in [3.05, 3.63) is 173 Å². The highest BCUT2D eigenvalue weighted by molar-refractivity contribution is 7.91. The zero-order valence-corrected chi connectivity index (χ0v) is 32.8. The van der Waals surface area contributed by atoms with Crippen molar-refractivity contribution in [3.63, 3.8) is 0 Å². The number of aromatic hydroxyl groups is 1. The minimum Gasteiger partial charge on any atom is -0.508 e. The van der Waals surface area contributed by atoms with E-state index in [0.717, 1.165) is 42.0 Å². The maximum atomic E-state index is 14.8. The van der Waals surface area contributed by atoms with Crippen molar-refractivity contribution in [1.82, 2.24) is 0 Å². The van der Waals surface area contributed by atoms with Crippen LogP contribution in [-0.4, -0.2) is 45.0 Å². The summed E-state index contributed by atoms with van der Waals surface area (Å²) < 4.78 is 217. The van der Waals surface area contributed by atoms with Gasteiger partial charge >= 0.3 is 24.7 Å². The molecule has 0 unspecified atom stereocenters. The number of hydrogen-bond donors (Lipinski definition) is 1. The lowest BCUT2D eigenvalue weighted by Gasteiger charge is -2.38. The molecule has 6 aromatic carbocycles. The van der Waals surface area contributed by atoms with E-state index < -0.39 is 80.2 Å². The van der Waals surface area contributed by atoms with Crippen molar-refractivity contribution in [2.45, 2.75) is 52.2 Å². The lowest BCUT2D eigenvalue weighted by Crippen LogP contribution is -2.54. The molecule has 0 saturated heterocycles.